The minimum Gasteiger partial charge on any atom is -0.494 e. The molecule has 33 heavy (non-hydrogen) atoms. The van der Waals surface area contributed by atoms with Gasteiger partial charge in [0.25, 0.3) is 5.91 Å². The van der Waals surface area contributed by atoms with E-state index in [1.54, 1.807) is 42.5 Å². The van der Waals surface area contributed by atoms with Gasteiger partial charge in [-0.15, -0.1) is 0 Å². The fraction of sp³-hybridized carbons (Fsp3) is 0.125. The first-order valence-electron chi connectivity index (χ1n) is 9.90. The quantitative estimate of drug-likeness (QED) is 0.150. The molecule has 0 atom stereocenters. The molecule has 0 fully saturated rings. The van der Waals surface area contributed by atoms with E-state index < -0.39 is 11.9 Å². The van der Waals surface area contributed by atoms with Crippen molar-refractivity contribution in [2.75, 3.05) is 6.61 Å². The van der Waals surface area contributed by atoms with E-state index in [2.05, 4.69) is 26.5 Å². The van der Waals surface area contributed by atoms with Gasteiger partial charge in [0.1, 0.15) is 11.5 Å². The molecule has 0 aliphatic heterocycles. The predicted molar refractivity (Wildman–Crippen MR) is 133 cm³/mol. The average Bonchev–Trinajstić information content (AvgIpc) is 2.81. The lowest BCUT2D eigenvalue weighted by molar-refractivity contribution is 0.0734. The molecule has 6 nitrogen and oxygen atoms in total. The van der Waals surface area contributed by atoms with E-state index in [9.17, 15) is 9.59 Å². The Morgan fingerprint density at radius 2 is 1.73 bits per heavy atom. The molecule has 9 heteroatoms. The summed E-state index contributed by atoms with van der Waals surface area (Å²) in [5, 5.41) is 4.57. The Morgan fingerprint density at radius 1 is 1.00 bits per heavy atom. The van der Waals surface area contributed by atoms with Crippen LogP contribution in [0.2, 0.25) is 10.0 Å². The van der Waals surface area contributed by atoms with Crippen LogP contribution in [0.3, 0.4) is 0 Å². The van der Waals surface area contributed by atoms with Crippen molar-refractivity contribution in [3.05, 3.63) is 91.9 Å². The minimum atomic E-state index is -0.533. The zero-order valence-electron chi connectivity index (χ0n) is 17.5. The van der Waals surface area contributed by atoms with Crippen LogP contribution in [0.4, 0.5) is 0 Å². The molecule has 0 saturated carbocycles. The summed E-state index contributed by atoms with van der Waals surface area (Å²) >= 11 is 15.2. The van der Waals surface area contributed by atoms with Gasteiger partial charge in [-0.3, -0.25) is 4.79 Å². The number of hydrogen-bond acceptors (Lipinski definition) is 5. The molecule has 1 amide bonds. The number of esters is 1. The van der Waals surface area contributed by atoms with Crippen molar-refractivity contribution >= 4 is 57.2 Å². The summed E-state index contributed by atoms with van der Waals surface area (Å²) in [5.41, 5.74) is 3.56. The van der Waals surface area contributed by atoms with Gasteiger partial charge < -0.3 is 9.47 Å². The van der Waals surface area contributed by atoms with E-state index in [-0.39, 0.29) is 10.8 Å². The van der Waals surface area contributed by atoms with Gasteiger partial charge in [-0.2, -0.15) is 5.10 Å². The molecule has 0 unspecified atom stereocenters. The second-order valence-corrected chi connectivity index (χ2v) is 8.50. The first kappa shape index (κ1) is 24.8. The Hall–Kier alpha value is -2.87. The van der Waals surface area contributed by atoms with Gasteiger partial charge in [-0.25, -0.2) is 10.2 Å². The molecule has 0 aromatic heterocycles. The maximum Gasteiger partial charge on any atom is 0.343 e. The van der Waals surface area contributed by atoms with Gasteiger partial charge in [0.2, 0.25) is 0 Å². The lowest BCUT2D eigenvalue weighted by Crippen LogP contribution is -2.17. The zero-order valence-corrected chi connectivity index (χ0v) is 20.6. The SMILES string of the molecule is CCCOc1ccc(C(=O)Oc2ccc(Br)cc2C=NNC(=O)c2ccc(Cl)c(Cl)c2)cc1. The van der Waals surface area contributed by atoms with E-state index >= 15 is 0 Å². The third kappa shape index (κ3) is 7.05. The number of rotatable bonds is 8. The van der Waals surface area contributed by atoms with E-state index in [0.717, 1.165) is 10.9 Å². The molecule has 0 spiro atoms. The number of hydrogen-bond donors (Lipinski definition) is 1. The normalized spacial score (nSPS) is 10.8. The monoisotopic (exact) mass is 548 g/mol. The van der Waals surface area contributed by atoms with E-state index in [0.29, 0.717) is 34.1 Å². The summed E-state index contributed by atoms with van der Waals surface area (Å²) < 4.78 is 11.8. The Labute approximate surface area is 209 Å². The van der Waals surface area contributed by atoms with Crippen molar-refractivity contribution in [2.45, 2.75) is 13.3 Å². The largest absolute Gasteiger partial charge is 0.494 e. The van der Waals surface area contributed by atoms with Crippen LogP contribution in [-0.2, 0) is 0 Å². The van der Waals surface area contributed by atoms with Crippen LogP contribution in [0, 0.1) is 0 Å². The van der Waals surface area contributed by atoms with Crippen LogP contribution in [0.1, 0.15) is 39.6 Å². The molecule has 0 radical (unpaired) electrons. The number of carbonyl (C=O) groups excluding carboxylic acids is 2. The summed E-state index contributed by atoms with van der Waals surface area (Å²) in [6.07, 6.45) is 2.27. The third-order valence-corrected chi connectivity index (χ3v) is 5.52. The molecule has 1 N–H and O–H groups in total. The second-order valence-electron chi connectivity index (χ2n) is 6.77. The van der Waals surface area contributed by atoms with Crippen molar-refractivity contribution in [3.63, 3.8) is 0 Å². The van der Waals surface area contributed by atoms with Gasteiger partial charge in [0.05, 0.1) is 28.4 Å². The lowest BCUT2D eigenvalue weighted by atomic mass is 10.2. The second kappa shape index (κ2) is 11.8. The van der Waals surface area contributed by atoms with Crippen molar-refractivity contribution in [1.82, 2.24) is 5.43 Å². The number of hydrazone groups is 1. The standard InChI is InChI=1S/C24H19BrCl2N2O4/c1-2-11-32-19-7-3-15(4-8-19)24(31)33-22-10-6-18(25)12-17(22)14-28-29-23(30)16-5-9-20(26)21(27)13-16/h3-10,12-14H,2,11H2,1H3,(H,29,30). The highest BCUT2D eigenvalue weighted by molar-refractivity contribution is 9.10. The minimum absolute atomic E-state index is 0.263. The van der Waals surface area contributed by atoms with Crippen LogP contribution in [0.5, 0.6) is 11.5 Å². The Kier molecular flexibility index (Phi) is 8.88. The zero-order chi connectivity index (χ0) is 23.8. The molecule has 0 bridgehead atoms. The van der Waals surface area contributed by atoms with Crippen molar-refractivity contribution in [3.8, 4) is 11.5 Å². The molecule has 0 heterocycles. The van der Waals surface area contributed by atoms with Crippen LogP contribution in [0.15, 0.2) is 70.2 Å². The molecule has 3 aromatic carbocycles. The maximum absolute atomic E-state index is 12.6. The topological polar surface area (TPSA) is 77.0 Å². The lowest BCUT2D eigenvalue weighted by Gasteiger charge is -2.09. The van der Waals surface area contributed by atoms with Crippen LogP contribution in [0.25, 0.3) is 0 Å². The molecule has 0 saturated heterocycles. The van der Waals surface area contributed by atoms with Crippen LogP contribution >= 0.6 is 39.1 Å². The first-order valence-corrected chi connectivity index (χ1v) is 11.5. The van der Waals surface area contributed by atoms with Gasteiger partial charge >= 0.3 is 5.97 Å². The molecular formula is C24H19BrCl2N2O4. The van der Waals surface area contributed by atoms with E-state index in [1.165, 1.54) is 24.4 Å². The number of carbonyl (C=O) groups is 2. The third-order valence-electron chi connectivity index (χ3n) is 4.29. The Balaban J connectivity index is 1.70. The summed E-state index contributed by atoms with van der Waals surface area (Å²) in [7, 11) is 0. The smallest absolute Gasteiger partial charge is 0.343 e. The fourth-order valence-corrected chi connectivity index (χ4v) is 3.32. The molecule has 3 rings (SSSR count). The van der Waals surface area contributed by atoms with Gasteiger partial charge in [-0.1, -0.05) is 46.1 Å². The number of ether oxygens (including phenoxy) is 2. The molecule has 0 aliphatic rings. The Morgan fingerprint density at radius 3 is 2.42 bits per heavy atom. The summed E-state index contributed by atoms with van der Waals surface area (Å²) in [6.45, 7) is 2.62. The highest BCUT2D eigenvalue weighted by Crippen LogP contribution is 2.24. The molecular weight excluding hydrogens is 531 g/mol. The fourth-order valence-electron chi connectivity index (χ4n) is 2.64. The summed E-state index contributed by atoms with van der Waals surface area (Å²) in [6, 6.07) is 16.3. The number of halogens is 3. The van der Waals surface area contributed by atoms with E-state index in [4.69, 9.17) is 32.7 Å². The number of amides is 1. The van der Waals surface area contributed by atoms with Gasteiger partial charge in [0, 0.05) is 15.6 Å². The van der Waals surface area contributed by atoms with E-state index in [1.807, 2.05) is 6.92 Å². The van der Waals surface area contributed by atoms with Crippen molar-refractivity contribution in [1.29, 1.82) is 0 Å². The Bertz CT molecular complexity index is 1180. The van der Waals surface area contributed by atoms with Crippen molar-refractivity contribution < 1.29 is 19.1 Å². The predicted octanol–water partition coefficient (Wildman–Crippen LogP) is 6.53. The molecule has 3 aromatic rings. The van der Waals surface area contributed by atoms with Crippen LogP contribution in [-0.4, -0.2) is 24.7 Å². The highest BCUT2D eigenvalue weighted by Gasteiger charge is 2.12. The first-order chi connectivity index (χ1) is 15.9. The molecule has 170 valence electrons. The summed E-state index contributed by atoms with van der Waals surface area (Å²) in [5.74, 6) is -0.0396. The average molecular weight is 550 g/mol. The number of nitrogens with zero attached hydrogens (tertiary/aromatic N) is 1. The number of benzene rings is 3. The van der Waals surface area contributed by atoms with Gasteiger partial charge in [-0.05, 0) is 67.1 Å². The number of nitrogens with one attached hydrogen (secondary N) is 1. The van der Waals surface area contributed by atoms with Crippen LogP contribution < -0.4 is 14.9 Å². The highest BCUT2D eigenvalue weighted by atomic mass is 79.9. The molecule has 0 aliphatic carbocycles. The van der Waals surface area contributed by atoms with Gasteiger partial charge in [0.15, 0.2) is 0 Å². The summed E-state index contributed by atoms with van der Waals surface area (Å²) in [4.78, 5) is 24.9. The maximum atomic E-state index is 12.6. The van der Waals surface area contributed by atoms with Crippen molar-refractivity contribution in [2.24, 2.45) is 5.10 Å².